The Bertz CT molecular complexity index is 351. The van der Waals surface area contributed by atoms with Gasteiger partial charge in [0.05, 0.1) is 0 Å². The molecule has 0 unspecified atom stereocenters. The largest absolute Gasteiger partial charge is 0.352 e. The lowest BCUT2D eigenvalue weighted by Crippen LogP contribution is -2.32. The van der Waals surface area contributed by atoms with Gasteiger partial charge in [0.15, 0.2) is 0 Å². The molecule has 16 heavy (non-hydrogen) atoms. The van der Waals surface area contributed by atoms with E-state index in [9.17, 15) is 4.79 Å². The summed E-state index contributed by atoms with van der Waals surface area (Å²) in [5, 5.41) is 2.90. The molecule has 0 heterocycles. The monoisotopic (exact) mass is 239 g/mol. The van der Waals surface area contributed by atoms with E-state index < -0.39 is 0 Å². The van der Waals surface area contributed by atoms with E-state index in [0.717, 1.165) is 5.56 Å². The zero-order valence-electron chi connectivity index (χ0n) is 10.0. The molecule has 0 bridgehead atoms. The Morgan fingerprint density at radius 1 is 1.25 bits per heavy atom. The first-order valence-corrected chi connectivity index (χ1v) is 5.89. The van der Waals surface area contributed by atoms with Crippen molar-refractivity contribution in [3.63, 3.8) is 0 Å². The molecule has 0 aliphatic carbocycles. The Labute approximate surface area is 102 Å². The summed E-state index contributed by atoms with van der Waals surface area (Å²) >= 11 is 5.68. The van der Waals surface area contributed by atoms with Crippen molar-refractivity contribution in [2.75, 3.05) is 6.54 Å². The molecule has 0 atom stereocenters. The SMILES string of the molecule is CC(C)(C)CNC(=O)c1ccc(CCl)cc1. The molecule has 0 saturated heterocycles. The van der Waals surface area contributed by atoms with Crippen LogP contribution in [0, 0.1) is 5.41 Å². The van der Waals surface area contributed by atoms with Crippen molar-refractivity contribution < 1.29 is 4.79 Å². The highest BCUT2D eigenvalue weighted by Gasteiger charge is 2.12. The number of amides is 1. The van der Waals surface area contributed by atoms with Gasteiger partial charge in [-0.15, -0.1) is 11.6 Å². The zero-order valence-corrected chi connectivity index (χ0v) is 10.8. The Kier molecular flexibility index (Phi) is 4.36. The van der Waals surface area contributed by atoms with Crippen molar-refractivity contribution in [1.29, 1.82) is 0 Å². The van der Waals surface area contributed by atoms with Gasteiger partial charge in [0.2, 0.25) is 0 Å². The maximum atomic E-state index is 11.7. The molecule has 1 rings (SSSR count). The summed E-state index contributed by atoms with van der Waals surface area (Å²) in [6, 6.07) is 7.35. The number of halogens is 1. The number of carbonyl (C=O) groups is 1. The van der Waals surface area contributed by atoms with Gasteiger partial charge in [0, 0.05) is 18.0 Å². The number of benzene rings is 1. The predicted molar refractivity (Wildman–Crippen MR) is 67.8 cm³/mol. The third-order valence-corrected chi connectivity index (χ3v) is 2.46. The summed E-state index contributed by atoms with van der Waals surface area (Å²) in [7, 11) is 0. The molecule has 1 N–H and O–H groups in total. The number of hydrogen-bond donors (Lipinski definition) is 1. The Hall–Kier alpha value is -1.02. The van der Waals surface area contributed by atoms with Crippen LogP contribution in [-0.4, -0.2) is 12.5 Å². The highest BCUT2D eigenvalue weighted by atomic mass is 35.5. The third-order valence-electron chi connectivity index (χ3n) is 2.15. The summed E-state index contributed by atoms with van der Waals surface area (Å²) in [5.74, 6) is 0.445. The van der Waals surface area contributed by atoms with E-state index >= 15 is 0 Å². The van der Waals surface area contributed by atoms with Crippen molar-refractivity contribution in [2.45, 2.75) is 26.7 Å². The normalized spacial score (nSPS) is 11.2. The number of hydrogen-bond acceptors (Lipinski definition) is 1. The Balaban J connectivity index is 2.59. The number of nitrogens with one attached hydrogen (secondary N) is 1. The summed E-state index contributed by atoms with van der Waals surface area (Å²) < 4.78 is 0. The first-order valence-electron chi connectivity index (χ1n) is 5.35. The van der Waals surface area contributed by atoms with Gasteiger partial charge in [-0.1, -0.05) is 32.9 Å². The van der Waals surface area contributed by atoms with Crippen LogP contribution in [0.3, 0.4) is 0 Å². The van der Waals surface area contributed by atoms with E-state index in [0.29, 0.717) is 18.0 Å². The maximum Gasteiger partial charge on any atom is 0.251 e. The van der Waals surface area contributed by atoms with Crippen LogP contribution in [-0.2, 0) is 5.88 Å². The van der Waals surface area contributed by atoms with Crippen LogP contribution in [0.2, 0.25) is 0 Å². The van der Waals surface area contributed by atoms with E-state index in [1.807, 2.05) is 12.1 Å². The first kappa shape index (κ1) is 13.0. The van der Waals surface area contributed by atoms with E-state index in [1.165, 1.54) is 0 Å². The van der Waals surface area contributed by atoms with Crippen LogP contribution >= 0.6 is 11.6 Å². The molecule has 2 nitrogen and oxygen atoms in total. The molecular weight excluding hydrogens is 222 g/mol. The molecule has 0 radical (unpaired) electrons. The molecule has 0 aliphatic heterocycles. The van der Waals surface area contributed by atoms with Crippen LogP contribution in [0.15, 0.2) is 24.3 Å². The predicted octanol–water partition coefficient (Wildman–Crippen LogP) is 3.20. The van der Waals surface area contributed by atoms with Crippen LogP contribution in [0.4, 0.5) is 0 Å². The lowest BCUT2D eigenvalue weighted by atomic mass is 9.97. The molecule has 1 aromatic carbocycles. The Morgan fingerprint density at radius 3 is 2.25 bits per heavy atom. The van der Waals surface area contributed by atoms with Gasteiger partial charge in [0.1, 0.15) is 0 Å². The highest BCUT2D eigenvalue weighted by molar-refractivity contribution is 6.17. The van der Waals surface area contributed by atoms with Crippen molar-refractivity contribution >= 4 is 17.5 Å². The van der Waals surface area contributed by atoms with Gasteiger partial charge in [-0.3, -0.25) is 4.79 Å². The van der Waals surface area contributed by atoms with Gasteiger partial charge < -0.3 is 5.32 Å². The van der Waals surface area contributed by atoms with Gasteiger partial charge >= 0.3 is 0 Å². The van der Waals surface area contributed by atoms with E-state index in [4.69, 9.17) is 11.6 Å². The fourth-order valence-corrected chi connectivity index (χ4v) is 1.37. The first-order chi connectivity index (χ1) is 7.42. The zero-order chi connectivity index (χ0) is 12.2. The van der Waals surface area contributed by atoms with Crippen molar-refractivity contribution in [1.82, 2.24) is 5.32 Å². The molecule has 3 heteroatoms. The van der Waals surface area contributed by atoms with Crippen molar-refractivity contribution in [3.8, 4) is 0 Å². The van der Waals surface area contributed by atoms with E-state index in [1.54, 1.807) is 12.1 Å². The van der Waals surface area contributed by atoms with E-state index in [2.05, 4.69) is 26.1 Å². The van der Waals surface area contributed by atoms with Gasteiger partial charge in [0.25, 0.3) is 5.91 Å². The van der Waals surface area contributed by atoms with Crippen LogP contribution in [0.1, 0.15) is 36.7 Å². The molecule has 0 aliphatic rings. The Morgan fingerprint density at radius 2 is 1.81 bits per heavy atom. The second-order valence-electron chi connectivity index (χ2n) is 5.07. The molecule has 88 valence electrons. The number of alkyl halides is 1. The lowest BCUT2D eigenvalue weighted by Gasteiger charge is -2.18. The van der Waals surface area contributed by atoms with Crippen LogP contribution in [0.5, 0.6) is 0 Å². The fourth-order valence-electron chi connectivity index (χ4n) is 1.19. The summed E-state index contributed by atoms with van der Waals surface area (Å²) in [4.78, 5) is 11.7. The lowest BCUT2D eigenvalue weighted by molar-refractivity contribution is 0.0939. The smallest absolute Gasteiger partial charge is 0.251 e. The topological polar surface area (TPSA) is 29.1 Å². The molecule has 1 aromatic rings. The minimum Gasteiger partial charge on any atom is -0.352 e. The second-order valence-corrected chi connectivity index (χ2v) is 5.34. The molecular formula is C13H18ClNO. The highest BCUT2D eigenvalue weighted by Crippen LogP contribution is 2.11. The van der Waals surface area contributed by atoms with Gasteiger partial charge in [-0.25, -0.2) is 0 Å². The molecule has 0 saturated carbocycles. The summed E-state index contributed by atoms with van der Waals surface area (Å²) in [5.41, 5.74) is 1.80. The molecule has 1 amide bonds. The number of rotatable bonds is 3. The average molecular weight is 240 g/mol. The van der Waals surface area contributed by atoms with Crippen molar-refractivity contribution in [2.24, 2.45) is 5.41 Å². The van der Waals surface area contributed by atoms with Crippen LogP contribution in [0.25, 0.3) is 0 Å². The quantitative estimate of drug-likeness (QED) is 0.807. The fraction of sp³-hybridized carbons (Fsp3) is 0.462. The average Bonchev–Trinajstić information content (AvgIpc) is 2.25. The second kappa shape index (κ2) is 5.35. The standard InChI is InChI=1S/C13H18ClNO/c1-13(2,3)9-15-12(16)11-6-4-10(8-14)5-7-11/h4-7H,8-9H2,1-3H3,(H,15,16). The minimum atomic E-state index is -0.0314. The van der Waals surface area contributed by atoms with Gasteiger partial charge in [-0.2, -0.15) is 0 Å². The van der Waals surface area contributed by atoms with Crippen molar-refractivity contribution in [3.05, 3.63) is 35.4 Å². The van der Waals surface area contributed by atoms with Gasteiger partial charge in [-0.05, 0) is 23.1 Å². The third kappa shape index (κ3) is 4.23. The van der Waals surface area contributed by atoms with E-state index in [-0.39, 0.29) is 11.3 Å². The summed E-state index contributed by atoms with van der Waals surface area (Å²) in [6.07, 6.45) is 0. The maximum absolute atomic E-state index is 11.7. The molecule has 0 aromatic heterocycles. The minimum absolute atomic E-state index is 0.0314. The summed E-state index contributed by atoms with van der Waals surface area (Å²) in [6.45, 7) is 6.93. The van der Waals surface area contributed by atoms with Crippen LogP contribution < -0.4 is 5.32 Å². The molecule has 0 spiro atoms. The molecule has 0 fully saturated rings. The number of carbonyl (C=O) groups excluding carboxylic acids is 1.